The first-order valence-electron chi connectivity index (χ1n) is 7.83. The number of hydrogen-bond donors (Lipinski definition) is 2. The largest absolute Gasteiger partial charge is 0.361 e. The van der Waals surface area contributed by atoms with Crippen molar-refractivity contribution in [1.82, 2.24) is 15.4 Å². The van der Waals surface area contributed by atoms with Crippen molar-refractivity contribution in [3.05, 3.63) is 46.8 Å². The van der Waals surface area contributed by atoms with Crippen molar-refractivity contribution < 1.29 is 18.9 Å². The van der Waals surface area contributed by atoms with Crippen molar-refractivity contribution in [2.24, 2.45) is 0 Å². The van der Waals surface area contributed by atoms with E-state index < -0.39 is 6.03 Å². The van der Waals surface area contributed by atoms with Gasteiger partial charge in [0.25, 0.3) is 0 Å². The molecule has 0 bridgehead atoms. The molecule has 0 atom stereocenters. The van der Waals surface area contributed by atoms with Crippen LogP contribution in [0.25, 0.3) is 0 Å². The molecule has 0 radical (unpaired) electrons. The van der Waals surface area contributed by atoms with Gasteiger partial charge in [-0.2, -0.15) is 0 Å². The van der Waals surface area contributed by atoms with E-state index in [4.69, 9.17) is 4.52 Å². The average molecular weight is 342 g/mol. The summed E-state index contributed by atoms with van der Waals surface area (Å²) in [6.45, 7) is 3.74. The number of aromatic nitrogens is 1. The zero-order valence-corrected chi connectivity index (χ0v) is 14.0. The molecule has 0 unspecified atom stereocenters. The Bertz CT molecular complexity index is 807. The molecule has 3 rings (SSSR count). The van der Waals surface area contributed by atoms with Crippen LogP contribution in [0.5, 0.6) is 0 Å². The SMILES string of the molecule is Cc1noc(C)c1CC(=O)Nc1cccc(CN2C(=O)CNC2=O)c1. The van der Waals surface area contributed by atoms with E-state index in [1.165, 1.54) is 0 Å². The van der Waals surface area contributed by atoms with E-state index in [0.717, 1.165) is 16.0 Å². The van der Waals surface area contributed by atoms with Crippen molar-refractivity contribution in [3.8, 4) is 0 Å². The number of aryl methyl sites for hydroxylation is 2. The van der Waals surface area contributed by atoms with Crippen LogP contribution in [0, 0.1) is 13.8 Å². The molecule has 0 spiro atoms. The summed E-state index contributed by atoms with van der Waals surface area (Å²) in [7, 11) is 0. The molecule has 130 valence electrons. The molecule has 1 aliphatic rings. The molecule has 0 aliphatic carbocycles. The summed E-state index contributed by atoms with van der Waals surface area (Å²) in [4.78, 5) is 36.6. The van der Waals surface area contributed by atoms with E-state index in [1.807, 2.05) is 0 Å². The molecule has 4 amide bonds. The fourth-order valence-corrected chi connectivity index (χ4v) is 2.67. The monoisotopic (exact) mass is 342 g/mol. The Hall–Kier alpha value is -3.16. The molecule has 0 saturated carbocycles. The third-order valence-corrected chi connectivity index (χ3v) is 4.01. The van der Waals surface area contributed by atoms with Crippen molar-refractivity contribution in [1.29, 1.82) is 0 Å². The topological polar surface area (TPSA) is 105 Å². The maximum Gasteiger partial charge on any atom is 0.324 e. The smallest absolute Gasteiger partial charge is 0.324 e. The number of rotatable bonds is 5. The second-order valence-corrected chi connectivity index (χ2v) is 5.87. The lowest BCUT2D eigenvalue weighted by Crippen LogP contribution is -2.30. The Morgan fingerprint density at radius 3 is 2.80 bits per heavy atom. The fraction of sp³-hybridized carbons (Fsp3) is 0.294. The first-order chi connectivity index (χ1) is 11.9. The number of urea groups is 1. The van der Waals surface area contributed by atoms with Gasteiger partial charge in [-0.15, -0.1) is 0 Å². The maximum absolute atomic E-state index is 12.2. The predicted octanol–water partition coefficient (Wildman–Crippen LogP) is 1.52. The number of benzene rings is 1. The summed E-state index contributed by atoms with van der Waals surface area (Å²) in [6, 6.07) is 6.64. The number of carbonyl (C=O) groups excluding carboxylic acids is 3. The van der Waals surface area contributed by atoms with Crippen molar-refractivity contribution in [3.63, 3.8) is 0 Å². The summed E-state index contributed by atoms with van der Waals surface area (Å²) in [5.41, 5.74) is 2.81. The van der Waals surface area contributed by atoms with Crippen molar-refractivity contribution in [2.45, 2.75) is 26.8 Å². The Balaban J connectivity index is 1.66. The third kappa shape index (κ3) is 3.68. The molecule has 8 nitrogen and oxygen atoms in total. The van der Waals surface area contributed by atoms with E-state index in [0.29, 0.717) is 17.1 Å². The molecule has 1 aromatic carbocycles. The lowest BCUT2D eigenvalue weighted by molar-refractivity contribution is -0.125. The quantitative estimate of drug-likeness (QED) is 0.802. The first-order valence-corrected chi connectivity index (χ1v) is 7.83. The number of nitrogens with one attached hydrogen (secondary N) is 2. The van der Waals surface area contributed by atoms with Gasteiger partial charge in [-0.05, 0) is 31.5 Å². The molecule has 25 heavy (non-hydrogen) atoms. The third-order valence-electron chi connectivity index (χ3n) is 4.01. The van der Waals surface area contributed by atoms with Gasteiger partial charge in [0.2, 0.25) is 11.8 Å². The van der Waals surface area contributed by atoms with Crippen LogP contribution in [-0.2, 0) is 22.6 Å². The Labute approximate surface area is 144 Å². The first kappa shape index (κ1) is 16.7. The van der Waals surface area contributed by atoms with Crippen LogP contribution < -0.4 is 10.6 Å². The second-order valence-electron chi connectivity index (χ2n) is 5.87. The van der Waals surface area contributed by atoms with Crippen molar-refractivity contribution in [2.75, 3.05) is 11.9 Å². The van der Waals surface area contributed by atoms with Gasteiger partial charge in [0.05, 0.1) is 25.2 Å². The number of carbonyl (C=O) groups is 3. The standard InChI is InChI=1S/C17H18N4O4/c1-10-14(11(2)25-20-10)7-15(22)19-13-5-3-4-12(6-13)9-21-16(23)8-18-17(21)24/h3-6H,7-9H2,1-2H3,(H,18,24)(H,19,22). The van der Waals surface area contributed by atoms with Crippen LogP contribution in [0.1, 0.15) is 22.6 Å². The van der Waals surface area contributed by atoms with E-state index >= 15 is 0 Å². The summed E-state index contributed by atoms with van der Waals surface area (Å²) in [5, 5.41) is 9.12. The number of anilines is 1. The molecule has 2 aromatic rings. The van der Waals surface area contributed by atoms with Crippen LogP contribution >= 0.6 is 0 Å². The molecule has 1 saturated heterocycles. The number of hydrogen-bond acceptors (Lipinski definition) is 5. The predicted molar refractivity (Wildman–Crippen MR) is 88.7 cm³/mol. The summed E-state index contributed by atoms with van der Waals surface area (Å²) < 4.78 is 5.05. The summed E-state index contributed by atoms with van der Waals surface area (Å²) >= 11 is 0. The molecule has 1 fully saturated rings. The lowest BCUT2D eigenvalue weighted by atomic mass is 10.1. The fourth-order valence-electron chi connectivity index (χ4n) is 2.67. The van der Waals surface area contributed by atoms with E-state index in [1.54, 1.807) is 38.1 Å². The minimum Gasteiger partial charge on any atom is -0.361 e. The zero-order chi connectivity index (χ0) is 18.0. The van der Waals surface area contributed by atoms with E-state index in [2.05, 4.69) is 15.8 Å². The summed E-state index contributed by atoms with van der Waals surface area (Å²) in [5.74, 6) is 0.166. The molecule has 1 aliphatic heterocycles. The highest BCUT2D eigenvalue weighted by Crippen LogP contribution is 2.17. The lowest BCUT2D eigenvalue weighted by Gasteiger charge is -2.13. The average Bonchev–Trinajstić information content (AvgIpc) is 3.05. The van der Waals surface area contributed by atoms with Gasteiger partial charge in [0.15, 0.2) is 0 Å². The Morgan fingerprint density at radius 2 is 2.16 bits per heavy atom. The second kappa shape index (κ2) is 6.76. The van der Waals surface area contributed by atoms with Gasteiger partial charge >= 0.3 is 6.03 Å². The Morgan fingerprint density at radius 1 is 1.36 bits per heavy atom. The highest BCUT2D eigenvalue weighted by molar-refractivity contribution is 6.01. The van der Waals surface area contributed by atoms with Gasteiger partial charge in [-0.1, -0.05) is 17.3 Å². The van der Waals surface area contributed by atoms with Crippen LogP contribution in [0.4, 0.5) is 10.5 Å². The molecule has 1 aromatic heterocycles. The minimum atomic E-state index is -0.405. The van der Waals surface area contributed by atoms with Gasteiger partial charge in [0.1, 0.15) is 5.76 Å². The Kier molecular flexibility index (Phi) is 4.51. The van der Waals surface area contributed by atoms with Crippen molar-refractivity contribution >= 4 is 23.5 Å². The molecule has 2 N–H and O–H groups in total. The minimum absolute atomic E-state index is 0.0205. The molecule has 8 heteroatoms. The molecular formula is C17H18N4O4. The van der Waals surface area contributed by atoms with Crippen LogP contribution in [-0.4, -0.2) is 34.4 Å². The van der Waals surface area contributed by atoms with Gasteiger partial charge in [0, 0.05) is 11.3 Å². The highest BCUT2D eigenvalue weighted by atomic mass is 16.5. The van der Waals surface area contributed by atoms with Crippen LogP contribution in [0.3, 0.4) is 0 Å². The number of nitrogens with zero attached hydrogens (tertiary/aromatic N) is 2. The summed E-state index contributed by atoms with van der Waals surface area (Å²) in [6.07, 6.45) is 0.165. The van der Waals surface area contributed by atoms with Gasteiger partial charge in [-0.25, -0.2) is 4.79 Å². The van der Waals surface area contributed by atoms with E-state index in [-0.39, 0.29) is 31.3 Å². The van der Waals surface area contributed by atoms with Gasteiger partial charge in [-0.3, -0.25) is 14.5 Å². The number of imide groups is 1. The van der Waals surface area contributed by atoms with E-state index in [9.17, 15) is 14.4 Å². The normalized spacial score (nSPS) is 13.9. The van der Waals surface area contributed by atoms with Crippen LogP contribution in [0.15, 0.2) is 28.8 Å². The zero-order valence-electron chi connectivity index (χ0n) is 14.0. The molecule has 2 heterocycles. The van der Waals surface area contributed by atoms with Crippen LogP contribution in [0.2, 0.25) is 0 Å². The maximum atomic E-state index is 12.2. The number of amides is 4. The molecular weight excluding hydrogens is 324 g/mol. The van der Waals surface area contributed by atoms with Gasteiger partial charge < -0.3 is 15.2 Å². The highest BCUT2D eigenvalue weighted by Gasteiger charge is 2.28.